The van der Waals surface area contributed by atoms with Crippen molar-refractivity contribution in [1.82, 2.24) is 9.80 Å². The number of nitrogens with zero attached hydrogens (tertiary/aromatic N) is 2. The summed E-state index contributed by atoms with van der Waals surface area (Å²) in [5.41, 5.74) is 4.10. The number of benzene rings is 2. The second-order valence-corrected chi connectivity index (χ2v) is 8.54. The Labute approximate surface area is 180 Å². The van der Waals surface area contributed by atoms with Gasteiger partial charge in [0, 0.05) is 26.2 Å². The predicted molar refractivity (Wildman–Crippen MR) is 119 cm³/mol. The van der Waals surface area contributed by atoms with Gasteiger partial charge >= 0.3 is 0 Å². The molecule has 1 fully saturated rings. The number of rotatable bonds is 8. The van der Waals surface area contributed by atoms with Crippen molar-refractivity contribution in [2.75, 3.05) is 39.9 Å². The van der Waals surface area contributed by atoms with E-state index in [1.807, 2.05) is 6.07 Å². The molecule has 0 spiro atoms. The van der Waals surface area contributed by atoms with Crippen molar-refractivity contribution in [3.63, 3.8) is 0 Å². The molecule has 0 bridgehead atoms. The largest absolute Gasteiger partial charge is 0.493 e. The summed E-state index contributed by atoms with van der Waals surface area (Å²) < 4.78 is 11.5. The number of hydrogen-bond acceptors (Lipinski definition) is 5. The highest BCUT2D eigenvalue weighted by Crippen LogP contribution is 2.29. The fraction of sp³-hybridized carbons (Fsp3) is 0.520. The van der Waals surface area contributed by atoms with Gasteiger partial charge in [-0.05, 0) is 61.2 Å². The summed E-state index contributed by atoms with van der Waals surface area (Å²) in [5.74, 6) is 1.43. The molecular weight excluding hydrogens is 376 g/mol. The molecule has 1 atom stereocenters. The van der Waals surface area contributed by atoms with Crippen molar-refractivity contribution in [3.05, 3.63) is 59.2 Å². The van der Waals surface area contributed by atoms with E-state index in [1.165, 1.54) is 36.0 Å². The number of piperidine rings is 1. The third kappa shape index (κ3) is 5.54. The van der Waals surface area contributed by atoms with Crippen LogP contribution in [0.5, 0.6) is 11.5 Å². The van der Waals surface area contributed by atoms with Crippen molar-refractivity contribution >= 4 is 0 Å². The topological polar surface area (TPSA) is 45.2 Å². The van der Waals surface area contributed by atoms with Gasteiger partial charge in [0.2, 0.25) is 0 Å². The number of likely N-dealkylation sites (tertiary alicyclic amines) is 1. The minimum Gasteiger partial charge on any atom is -0.493 e. The van der Waals surface area contributed by atoms with Gasteiger partial charge in [-0.15, -0.1) is 0 Å². The van der Waals surface area contributed by atoms with Gasteiger partial charge in [-0.2, -0.15) is 0 Å². The van der Waals surface area contributed by atoms with Gasteiger partial charge in [0.25, 0.3) is 0 Å². The maximum Gasteiger partial charge on any atom is 0.161 e. The minimum absolute atomic E-state index is 0.285. The Balaban J connectivity index is 1.34. The molecule has 5 nitrogen and oxygen atoms in total. The van der Waals surface area contributed by atoms with Gasteiger partial charge in [-0.25, -0.2) is 0 Å². The van der Waals surface area contributed by atoms with Crippen LogP contribution in [0.4, 0.5) is 0 Å². The monoisotopic (exact) mass is 410 g/mol. The van der Waals surface area contributed by atoms with Crippen LogP contribution >= 0.6 is 0 Å². The molecule has 0 aromatic heterocycles. The second-order valence-electron chi connectivity index (χ2n) is 8.54. The predicted octanol–water partition coefficient (Wildman–Crippen LogP) is 3.48. The molecule has 2 aromatic carbocycles. The fourth-order valence-electron chi connectivity index (χ4n) is 4.56. The van der Waals surface area contributed by atoms with Crippen LogP contribution in [0.1, 0.15) is 36.0 Å². The number of β-amino-alcohol motifs (C(OH)–C–C–N with tert-alkyl or cyclic N) is 1. The maximum absolute atomic E-state index is 10.4. The summed E-state index contributed by atoms with van der Waals surface area (Å²) in [4.78, 5) is 4.80. The van der Waals surface area contributed by atoms with Gasteiger partial charge < -0.3 is 19.5 Å². The third-order valence-electron chi connectivity index (χ3n) is 6.19. The first-order valence-electron chi connectivity index (χ1n) is 11.2. The first kappa shape index (κ1) is 21.2. The van der Waals surface area contributed by atoms with Gasteiger partial charge in [-0.1, -0.05) is 36.8 Å². The van der Waals surface area contributed by atoms with Crippen molar-refractivity contribution in [2.45, 2.75) is 44.9 Å². The van der Waals surface area contributed by atoms with Gasteiger partial charge in [0.15, 0.2) is 11.5 Å². The standard InChI is InChI=1S/C25H34N2O3/c1-29-24-10-9-20(16-27-14-11-21-7-3-4-8-22(21)17-27)15-25(24)30-19-23(28)18-26-12-5-2-6-13-26/h3-4,7-10,15,23,28H,2,5-6,11-14,16-19H2,1H3/t23-/m1/s1. The molecule has 0 amide bonds. The quantitative estimate of drug-likeness (QED) is 0.722. The Hall–Kier alpha value is -2.08. The Kier molecular flexibility index (Phi) is 7.26. The minimum atomic E-state index is -0.491. The molecule has 4 rings (SSSR count). The van der Waals surface area contributed by atoms with Crippen LogP contribution in [-0.4, -0.2) is 60.9 Å². The highest BCUT2D eigenvalue weighted by atomic mass is 16.5. The first-order valence-corrected chi connectivity index (χ1v) is 11.2. The molecule has 2 aromatic rings. The number of methoxy groups -OCH3 is 1. The van der Waals surface area contributed by atoms with Gasteiger partial charge in [-0.3, -0.25) is 4.90 Å². The second kappa shape index (κ2) is 10.3. The molecular formula is C25H34N2O3. The Morgan fingerprint density at radius 3 is 2.53 bits per heavy atom. The summed E-state index contributed by atoms with van der Waals surface area (Å²) in [7, 11) is 1.66. The lowest BCUT2D eigenvalue weighted by molar-refractivity contribution is 0.0608. The zero-order valence-electron chi connectivity index (χ0n) is 18.1. The molecule has 1 N–H and O–H groups in total. The van der Waals surface area contributed by atoms with Crippen molar-refractivity contribution in [1.29, 1.82) is 0 Å². The summed E-state index contributed by atoms with van der Waals surface area (Å²) >= 11 is 0. The van der Waals surface area contributed by atoms with E-state index in [9.17, 15) is 5.11 Å². The van der Waals surface area contributed by atoms with Crippen LogP contribution in [-0.2, 0) is 19.5 Å². The van der Waals surface area contributed by atoms with Crippen LogP contribution in [0, 0.1) is 0 Å². The smallest absolute Gasteiger partial charge is 0.161 e. The lowest BCUT2D eigenvalue weighted by Gasteiger charge is -2.29. The van der Waals surface area contributed by atoms with Crippen molar-refractivity contribution < 1.29 is 14.6 Å². The molecule has 0 unspecified atom stereocenters. The summed E-state index contributed by atoms with van der Waals surface area (Å²) in [6.07, 6.45) is 4.36. The Bertz CT molecular complexity index is 820. The molecule has 0 radical (unpaired) electrons. The first-order chi connectivity index (χ1) is 14.7. The molecule has 162 valence electrons. The van der Waals surface area contributed by atoms with E-state index in [2.05, 4.69) is 46.2 Å². The molecule has 0 saturated carbocycles. The third-order valence-corrected chi connectivity index (χ3v) is 6.19. The van der Waals surface area contributed by atoms with Crippen LogP contribution in [0.15, 0.2) is 42.5 Å². The molecule has 0 aliphatic carbocycles. The van der Waals surface area contributed by atoms with Crippen molar-refractivity contribution in [3.8, 4) is 11.5 Å². The molecule has 2 aliphatic rings. The number of aliphatic hydroxyl groups is 1. The summed E-state index contributed by atoms with van der Waals surface area (Å²) in [6.45, 7) is 6.04. The molecule has 2 heterocycles. The molecule has 30 heavy (non-hydrogen) atoms. The van der Waals surface area contributed by atoms with Gasteiger partial charge in [0.05, 0.1) is 7.11 Å². The highest BCUT2D eigenvalue weighted by molar-refractivity contribution is 5.43. The van der Waals surface area contributed by atoms with E-state index in [1.54, 1.807) is 7.11 Å². The highest BCUT2D eigenvalue weighted by Gasteiger charge is 2.18. The van der Waals surface area contributed by atoms with E-state index in [-0.39, 0.29) is 6.61 Å². The number of hydrogen-bond donors (Lipinski definition) is 1. The lowest BCUT2D eigenvalue weighted by Crippen LogP contribution is -2.38. The van der Waals surface area contributed by atoms with E-state index in [0.717, 1.165) is 39.1 Å². The maximum atomic E-state index is 10.4. The summed E-state index contributed by atoms with van der Waals surface area (Å²) in [6, 6.07) is 14.9. The van der Waals surface area contributed by atoms with Gasteiger partial charge in [0.1, 0.15) is 12.7 Å². The average Bonchev–Trinajstić information content (AvgIpc) is 2.78. The molecule has 5 heteroatoms. The fourth-order valence-corrected chi connectivity index (χ4v) is 4.56. The van der Waals surface area contributed by atoms with E-state index in [4.69, 9.17) is 9.47 Å². The van der Waals surface area contributed by atoms with Crippen LogP contribution in [0.25, 0.3) is 0 Å². The molecule has 2 aliphatic heterocycles. The molecule has 1 saturated heterocycles. The zero-order valence-corrected chi connectivity index (χ0v) is 18.1. The van der Waals surface area contributed by atoms with E-state index in [0.29, 0.717) is 18.0 Å². The number of aliphatic hydroxyl groups excluding tert-OH is 1. The van der Waals surface area contributed by atoms with Crippen LogP contribution in [0.2, 0.25) is 0 Å². The summed E-state index contributed by atoms with van der Waals surface area (Å²) in [5, 5.41) is 10.4. The zero-order chi connectivity index (χ0) is 20.8. The van der Waals surface area contributed by atoms with Crippen LogP contribution < -0.4 is 9.47 Å². The number of ether oxygens (including phenoxy) is 2. The number of fused-ring (bicyclic) bond motifs is 1. The SMILES string of the molecule is COc1ccc(CN2CCc3ccccc3C2)cc1OC[C@H](O)CN1CCCCC1. The van der Waals surface area contributed by atoms with Crippen molar-refractivity contribution in [2.24, 2.45) is 0 Å². The van der Waals surface area contributed by atoms with E-state index >= 15 is 0 Å². The van der Waals surface area contributed by atoms with E-state index < -0.39 is 6.10 Å². The average molecular weight is 411 g/mol. The van der Waals surface area contributed by atoms with Crippen LogP contribution in [0.3, 0.4) is 0 Å². The normalized spacial score (nSPS) is 18.6. The lowest BCUT2D eigenvalue weighted by atomic mass is 9.99. The Morgan fingerprint density at radius 1 is 0.933 bits per heavy atom. The Morgan fingerprint density at radius 2 is 1.73 bits per heavy atom.